The second kappa shape index (κ2) is 10.5. The number of hydrogen-bond acceptors (Lipinski definition) is 4. The zero-order valence-corrected chi connectivity index (χ0v) is 18.9. The molecular weight excluding hydrogens is 466 g/mol. The maximum absolute atomic E-state index is 12.9. The van der Waals surface area contributed by atoms with Crippen LogP contribution >= 0.6 is 27.7 Å². The van der Waals surface area contributed by atoms with Gasteiger partial charge in [0.1, 0.15) is 5.82 Å². The zero-order chi connectivity index (χ0) is 21.5. The van der Waals surface area contributed by atoms with Gasteiger partial charge in [-0.15, -0.1) is 0 Å². The van der Waals surface area contributed by atoms with E-state index in [4.69, 9.17) is 5.73 Å². The highest BCUT2D eigenvalue weighted by Crippen LogP contribution is 2.23. The molecule has 0 saturated heterocycles. The fourth-order valence-electron chi connectivity index (χ4n) is 3.24. The molecule has 0 spiro atoms. The minimum Gasteiger partial charge on any atom is -0.352 e. The lowest BCUT2D eigenvalue weighted by Crippen LogP contribution is -2.37. The number of amides is 3. The first-order valence-electron chi connectivity index (χ1n) is 9.50. The van der Waals surface area contributed by atoms with Gasteiger partial charge in [-0.25, -0.2) is 9.78 Å². The molecule has 2 aromatic carbocycles. The monoisotopic (exact) mass is 489 g/mol. The number of nitrogens with one attached hydrogen (secondary N) is 3. The number of para-hydroxylation sites is 2. The highest BCUT2D eigenvalue weighted by Gasteiger charge is 2.22. The number of carbonyl (C=O) groups is 2. The van der Waals surface area contributed by atoms with Crippen LogP contribution in [0.1, 0.15) is 36.3 Å². The van der Waals surface area contributed by atoms with E-state index in [-0.39, 0.29) is 18.4 Å². The summed E-state index contributed by atoms with van der Waals surface area (Å²) in [5.74, 6) is 1.40. The number of halogens is 1. The summed E-state index contributed by atoms with van der Waals surface area (Å²) in [6.07, 6.45) is 2.82. The lowest BCUT2D eigenvalue weighted by Gasteiger charge is -2.21. The summed E-state index contributed by atoms with van der Waals surface area (Å²) in [5, 5.41) is 5.73. The Hall–Kier alpha value is -2.52. The van der Waals surface area contributed by atoms with Crippen LogP contribution in [-0.4, -0.2) is 33.9 Å². The maximum atomic E-state index is 12.9. The van der Waals surface area contributed by atoms with Gasteiger partial charge < -0.3 is 21.4 Å². The Labute approximate surface area is 187 Å². The van der Waals surface area contributed by atoms with E-state index in [1.807, 2.05) is 54.8 Å². The molecular formula is C21H24BrN5O2S. The van der Waals surface area contributed by atoms with Crippen molar-refractivity contribution in [2.75, 3.05) is 12.0 Å². The second-order valence-electron chi connectivity index (χ2n) is 6.86. The molecule has 0 unspecified atom stereocenters. The van der Waals surface area contributed by atoms with Crippen LogP contribution in [0.15, 0.2) is 53.0 Å². The number of carbonyl (C=O) groups excluding carboxylic acids is 2. The van der Waals surface area contributed by atoms with Crippen LogP contribution in [0.2, 0.25) is 0 Å². The van der Waals surface area contributed by atoms with E-state index in [1.165, 1.54) is 0 Å². The number of imidazole rings is 1. The Morgan fingerprint density at radius 3 is 2.67 bits per heavy atom. The van der Waals surface area contributed by atoms with Crippen LogP contribution in [-0.2, 0) is 4.79 Å². The number of nitrogens with two attached hydrogens (primary N) is 1. The average Bonchev–Trinajstić information content (AvgIpc) is 3.14. The fourth-order valence-corrected chi connectivity index (χ4v) is 4.12. The Bertz CT molecular complexity index is 992. The molecule has 158 valence electrons. The van der Waals surface area contributed by atoms with Gasteiger partial charge >= 0.3 is 6.03 Å². The van der Waals surface area contributed by atoms with Gasteiger partial charge in [-0.2, -0.15) is 11.8 Å². The van der Waals surface area contributed by atoms with Gasteiger partial charge in [0.15, 0.2) is 0 Å². The van der Waals surface area contributed by atoms with Crippen LogP contribution < -0.4 is 16.4 Å². The van der Waals surface area contributed by atoms with Crippen molar-refractivity contribution in [3.63, 3.8) is 0 Å². The van der Waals surface area contributed by atoms with Crippen molar-refractivity contribution < 1.29 is 9.59 Å². The molecule has 0 saturated carbocycles. The lowest BCUT2D eigenvalue weighted by atomic mass is 10.0. The molecule has 1 aromatic heterocycles. The number of thioether (sulfide) groups is 1. The van der Waals surface area contributed by atoms with Gasteiger partial charge in [0.05, 0.1) is 29.5 Å². The molecule has 1 heterocycles. The fraction of sp³-hybridized carbons (Fsp3) is 0.286. The van der Waals surface area contributed by atoms with Crippen LogP contribution in [0.5, 0.6) is 0 Å². The molecule has 3 aromatic rings. The van der Waals surface area contributed by atoms with E-state index < -0.39 is 12.1 Å². The Kier molecular flexibility index (Phi) is 7.75. The van der Waals surface area contributed by atoms with Gasteiger partial charge in [0.25, 0.3) is 0 Å². The van der Waals surface area contributed by atoms with Crippen LogP contribution in [0.25, 0.3) is 11.0 Å². The van der Waals surface area contributed by atoms with Crippen molar-refractivity contribution in [1.82, 2.24) is 20.6 Å². The van der Waals surface area contributed by atoms with E-state index in [2.05, 4.69) is 36.5 Å². The zero-order valence-electron chi connectivity index (χ0n) is 16.5. The predicted octanol–water partition coefficient (Wildman–Crippen LogP) is 4.04. The van der Waals surface area contributed by atoms with Crippen molar-refractivity contribution in [2.24, 2.45) is 5.73 Å². The number of urea groups is 1. The average molecular weight is 490 g/mol. The van der Waals surface area contributed by atoms with Crippen molar-refractivity contribution in [2.45, 2.75) is 24.9 Å². The van der Waals surface area contributed by atoms with Crippen molar-refractivity contribution in [3.8, 4) is 0 Å². The number of primary amides is 1. The van der Waals surface area contributed by atoms with Crippen LogP contribution in [0, 0.1) is 0 Å². The molecule has 0 aliphatic carbocycles. The quantitative estimate of drug-likeness (QED) is 0.363. The number of aromatic amines is 1. The number of nitrogens with zero attached hydrogens (tertiary/aromatic N) is 1. The first-order valence-corrected chi connectivity index (χ1v) is 11.7. The topological polar surface area (TPSA) is 113 Å². The summed E-state index contributed by atoms with van der Waals surface area (Å²) in [7, 11) is 0. The lowest BCUT2D eigenvalue weighted by molar-refractivity contribution is -0.122. The van der Waals surface area contributed by atoms with Crippen molar-refractivity contribution >= 4 is 50.7 Å². The van der Waals surface area contributed by atoms with Crippen molar-refractivity contribution in [1.29, 1.82) is 0 Å². The van der Waals surface area contributed by atoms with E-state index in [0.29, 0.717) is 0 Å². The summed E-state index contributed by atoms with van der Waals surface area (Å²) in [6.45, 7) is 0. The number of rotatable bonds is 9. The van der Waals surface area contributed by atoms with Gasteiger partial charge in [-0.1, -0.05) is 40.2 Å². The summed E-state index contributed by atoms with van der Waals surface area (Å²) >= 11 is 5.13. The first kappa shape index (κ1) is 22.2. The van der Waals surface area contributed by atoms with Gasteiger partial charge in [-0.05, 0) is 48.3 Å². The minimum atomic E-state index is -0.677. The molecule has 2 atom stereocenters. The predicted molar refractivity (Wildman–Crippen MR) is 124 cm³/mol. The molecule has 30 heavy (non-hydrogen) atoms. The number of aromatic nitrogens is 2. The molecule has 3 amide bonds. The third kappa shape index (κ3) is 5.99. The summed E-state index contributed by atoms with van der Waals surface area (Å²) < 4.78 is 0.858. The van der Waals surface area contributed by atoms with Gasteiger partial charge in [0, 0.05) is 4.47 Å². The van der Waals surface area contributed by atoms with E-state index in [0.717, 1.165) is 39.1 Å². The third-order valence-corrected chi connectivity index (χ3v) is 5.78. The summed E-state index contributed by atoms with van der Waals surface area (Å²) in [5.41, 5.74) is 7.92. The van der Waals surface area contributed by atoms with Gasteiger partial charge in [-0.3, -0.25) is 4.79 Å². The van der Waals surface area contributed by atoms with Crippen LogP contribution in [0.4, 0.5) is 4.79 Å². The Morgan fingerprint density at radius 1 is 1.17 bits per heavy atom. The molecule has 0 radical (unpaired) electrons. The molecule has 7 nitrogen and oxygen atoms in total. The Morgan fingerprint density at radius 2 is 1.97 bits per heavy atom. The van der Waals surface area contributed by atoms with Crippen molar-refractivity contribution in [3.05, 3.63) is 64.4 Å². The molecule has 0 fully saturated rings. The summed E-state index contributed by atoms with van der Waals surface area (Å²) in [4.78, 5) is 32.3. The molecule has 3 rings (SSSR count). The molecule has 0 bridgehead atoms. The van der Waals surface area contributed by atoms with Crippen LogP contribution in [0.3, 0.4) is 0 Å². The Balaban J connectivity index is 1.77. The largest absolute Gasteiger partial charge is 0.352 e. The normalized spacial score (nSPS) is 13.0. The number of fused-ring (bicyclic) bond motifs is 1. The van der Waals surface area contributed by atoms with Gasteiger partial charge in [0.2, 0.25) is 5.91 Å². The second-order valence-corrected chi connectivity index (χ2v) is 8.76. The smallest absolute Gasteiger partial charge is 0.312 e. The third-order valence-electron chi connectivity index (χ3n) is 4.64. The molecule has 5 N–H and O–H groups in total. The SMILES string of the molecule is CSCC[C@H](NC(=O)C[C@H](NC(N)=O)c1cccc(Br)c1)c1nc2ccccc2[nH]1. The summed E-state index contributed by atoms with van der Waals surface area (Å²) in [6, 6.07) is 13.7. The van der Waals surface area contributed by atoms with E-state index in [9.17, 15) is 9.59 Å². The molecule has 0 aliphatic rings. The van der Waals surface area contributed by atoms with E-state index in [1.54, 1.807) is 11.8 Å². The first-order chi connectivity index (χ1) is 14.5. The highest BCUT2D eigenvalue weighted by atomic mass is 79.9. The van der Waals surface area contributed by atoms with E-state index >= 15 is 0 Å². The highest BCUT2D eigenvalue weighted by molar-refractivity contribution is 9.10. The number of hydrogen-bond donors (Lipinski definition) is 4. The minimum absolute atomic E-state index is 0.0649. The maximum Gasteiger partial charge on any atom is 0.312 e. The number of benzene rings is 2. The number of H-pyrrole nitrogens is 1. The molecule has 0 aliphatic heterocycles. The standard InChI is InChI=1S/C21H24BrN5O2S/c1-30-10-9-17(20-25-15-7-2-3-8-16(15)26-20)24-19(28)12-18(27-21(23)29)13-5-4-6-14(22)11-13/h2-8,11,17-18H,9-10,12H2,1H3,(H,24,28)(H,25,26)(H3,23,27,29)/t17-,18-/m0/s1. The molecule has 9 heteroatoms.